The average Bonchev–Trinajstić information content (AvgIpc) is 3.11. The zero-order chi connectivity index (χ0) is 18.5. The highest BCUT2D eigenvalue weighted by atomic mass is 16.2. The predicted molar refractivity (Wildman–Crippen MR) is 104 cm³/mol. The molecule has 1 fully saturated rings. The third-order valence-electron chi connectivity index (χ3n) is 5.46. The van der Waals surface area contributed by atoms with Crippen molar-refractivity contribution in [2.75, 3.05) is 26.2 Å². The van der Waals surface area contributed by atoms with Crippen molar-refractivity contribution in [1.82, 2.24) is 9.80 Å². The zero-order valence-corrected chi connectivity index (χ0v) is 16.9. The van der Waals surface area contributed by atoms with Crippen LogP contribution in [0.3, 0.4) is 0 Å². The lowest BCUT2D eigenvalue weighted by Crippen LogP contribution is -2.38. The van der Waals surface area contributed by atoms with Crippen LogP contribution in [0.2, 0.25) is 0 Å². The van der Waals surface area contributed by atoms with Crippen LogP contribution < -0.4 is 0 Å². The van der Waals surface area contributed by atoms with Crippen LogP contribution in [0.4, 0.5) is 0 Å². The molecule has 0 saturated carbocycles. The highest BCUT2D eigenvalue weighted by Crippen LogP contribution is 2.20. The smallest absolute Gasteiger partial charge is 0.227 e. The Morgan fingerprint density at radius 2 is 1.44 bits per heavy atom. The van der Waals surface area contributed by atoms with Gasteiger partial charge in [-0.1, -0.05) is 58.3 Å². The Labute approximate surface area is 155 Å². The number of carbonyl (C=O) groups is 2. The van der Waals surface area contributed by atoms with Crippen LogP contribution >= 0.6 is 0 Å². The standard InChI is InChI=1S/C21H40N2O2/c1-4-7-8-9-10-11-12-13-14-15-20(24)23-17-16-19(18-23)21(25)22(5-2)6-3/h19H,4-18H2,1-3H3. The van der Waals surface area contributed by atoms with E-state index in [1.54, 1.807) is 0 Å². The Hall–Kier alpha value is -1.06. The van der Waals surface area contributed by atoms with Gasteiger partial charge in [0.2, 0.25) is 11.8 Å². The molecule has 1 aliphatic rings. The molecule has 1 atom stereocenters. The van der Waals surface area contributed by atoms with Gasteiger partial charge in [0.05, 0.1) is 5.92 Å². The lowest BCUT2D eigenvalue weighted by atomic mass is 10.1. The lowest BCUT2D eigenvalue weighted by molar-refractivity contribution is -0.135. The first-order chi connectivity index (χ1) is 12.1. The van der Waals surface area contributed by atoms with Crippen molar-refractivity contribution in [3.8, 4) is 0 Å². The van der Waals surface area contributed by atoms with Crippen molar-refractivity contribution in [3.05, 3.63) is 0 Å². The minimum atomic E-state index is 0.0203. The van der Waals surface area contributed by atoms with Crippen LogP contribution in [-0.4, -0.2) is 47.8 Å². The molecule has 1 rings (SSSR count). The van der Waals surface area contributed by atoms with Crippen LogP contribution in [0.5, 0.6) is 0 Å². The second-order valence-corrected chi connectivity index (χ2v) is 7.41. The van der Waals surface area contributed by atoms with Crippen molar-refractivity contribution in [2.24, 2.45) is 5.92 Å². The molecule has 0 radical (unpaired) electrons. The molecular formula is C21H40N2O2. The van der Waals surface area contributed by atoms with Gasteiger partial charge in [0.1, 0.15) is 0 Å². The molecule has 146 valence electrons. The fourth-order valence-electron chi connectivity index (χ4n) is 3.73. The number of hydrogen-bond donors (Lipinski definition) is 0. The van der Waals surface area contributed by atoms with Crippen molar-refractivity contribution >= 4 is 11.8 Å². The Morgan fingerprint density at radius 3 is 2.00 bits per heavy atom. The summed E-state index contributed by atoms with van der Waals surface area (Å²) in [5.74, 6) is 0.494. The molecule has 1 heterocycles. The van der Waals surface area contributed by atoms with Crippen LogP contribution in [0, 0.1) is 5.92 Å². The maximum absolute atomic E-state index is 12.4. The molecule has 4 heteroatoms. The van der Waals surface area contributed by atoms with Gasteiger partial charge in [-0.3, -0.25) is 9.59 Å². The molecule has 1 unspecified atom stereocenters. The molecule has 25 heavy (non-hydrogen) atoms. The summed E-state index contributed by atoms with van der Waals surface area (Å²) in [4.78, 5) is 28.5. The SMILES string of the molecule is CCCCCCCCCCCC(=O)N1CCC(C(=O)N(CC)CC)C1. The van der Waals surface area contributed by atoms with Gasteiger partial charge in [-0.05, 0) is 26.7 Å². The number of rotatable bonds is 13. The molecule has 2 amide bonds. The van der Waals surface area contributed by atoms with Gasteiger partial charge in [-0.2, -0.15) is 0 Å². The molecule has 0 spiro atoms. The molecule has 0 aliphatic carbocycles. The molecule has 0 bridgehead atoms. The number of amides is 2. The van der Waals surface area contributed by atoms with Crippen LogP contribution in [0.1, 0.15) is 91.4 Å². The Kier molecular flexibility index (Phi) is 11.6. The summed E-state index contributed by atoms with van der Waals surface area (Å²) in [7, 11) is 0. The summed E-state index contributed by atoms with van der Waals surface area (Å²) in [5.41, 5.74) is 0. The topological polar surface area (TPSA) is 40.6 Å². The third kappa shape index (κ3) is 8.24. The zero-order valence-electron chi connectivity index (χ0n) is 16.9. The van der Waals surface area contributed by atoms with E-state index in [1.807, 2.05) is 23.6 Å². The van der Waals surface area contributed by atoms with E-state index in [2.05, 4.69) is 6.92 Å². The Morgan fingerprint density at radius 1 is 0.880 bits per heavy atom. The molecule has 1 saturated heterocycles. The number of carbonyl (C=O) groups excluding carboxylic acids is 2. The molecule has 0 aromatic carbocycles. The molecule has 0 N–H and O–H groups in total. The maximum atomic E-state index is 12.4. The number of likely N-dealkylation sites (tertiary alicyclic amines) is 1. The van der Waals surface area contributed by atoms with Gasteiger partial charge in [0.25, 0.3) is 0 Å². The summed E-state index contributed by atoms with van der Waals surface area (Å²) in [5, 5.41) is 0. The van der Waals surface area contributed by atoms with E-state index in [1.165, 1.54) is 44.9 Å². The van der Waals surface area contributed by atoms with Gasteiger partial charge >= 0.3 is 0 Å². The third-order valence-corrected chi connectivity index (χ3v) is 5.46. The first-order valence-electron chi connectivity index (χ1n) is 10.7. The molecule has 1 aliphatic heterocycles. The molecule has 0 aromatic heterocycles. The largest absolute Gasteiger partial charge is 0.343 e. The van der Waals surface area contributed by atoms with E-state index in [-0.39, 0.29) is 17.7 Å². The fourth-order valence-corrected chi connectivity index (χ4v) is 3.73. The summed E-state index contributed by atoms with van der Waals surface area (Å²) in [6, 6.07) is 0. The minimum Gasteiger partial charge on any atom is -0.343 e. The second kappa shape index (κ2) is 13.2. The quantitative estimate of drug-likeness (QED) is 0.454. The van der Waals surface area contributed by atoms with Crippen molar-refractivity contribution in [2.45, 2.75) is 91.4 Å². The van der Waals surface area contributed by atoms with Crippen LogP contribution in [0.25, 0.3) is 0 Å². The van der Waals surface area contributed by atoms with E-state index in [4.69, 9.17) is 0 Å². The van der Waals surface area contributed by atoms with Crippen molar-refractivity contribution in [3.63, 3.8) is 0 Å². The molecule has 4 nitrogen and oxygen atoms in total. The van der Waals surface area contributed by atoms with E-state index in [0.29, 0.717) is 13.0 Å². The number of unbranched alkanes of at least 4 members (excludes halogenated alkanes) is 8. The average molecular weight is 353 g/mol. The lowest BCUT2D eigenvalue weighted by Gasteiger charge is -2.23. The van der Waals surface area contributed by atoms with Gasteiger partial charge in [0.15, 0.2) is 0 Å². The molecule has 0 aromatic rings. The Balaban J connectivity index is 2.11. The number of nitrogens with zero attached hydrogens (tertiary/aromatic N) is 2. The monoisotopic (exact) mass is 352 g/mol. The number of hydrogen-bond acceptors (Lipinski definition) is 2. The maximum Gasteiger partial charge on any atom is 0.227 e. The second-order valence-electron chi connectivity index (χ2n) is 7.41. The first kappa shape index (κ1) is 22.0. The summed E-state index contributed by atoms with van der Waals surface area (Å²) in [6.07, 6.45) is 13.0. The highest BCUT2D eigenvalue weighted by molar-refractivity contribution is 5.82. The fraction of sp³-hybridized carbons (Fsp3) is 0.905. The van der Waals surface area contributed by atoms with Crippen LogP contribution in [0.15, 0.2) is 0 Å². The van der Waals surface area contributed by atoms with Gasteiger partial charge in [-0.15, -0.1) is 0 Å². The first-order valence-corrected chi connectivity index (χ1v) is 10.7. The van der Waals surface area contributed by atoms with Crippen molar-refractivity contribution in [1.29, 1.82) is 0 Å². The summed E-state index contributed by atoms with van der Waals surface area (Å²) in [6.45, 7) is 9.20. The Bertz CT molecular complexity index is 380. The molecular weight excluding hydrogens is 312 g/mol. The van der Waals surface area contributed by atoms with E-state index < -0.39 is 0 Å². The van der Waals surface area contributed by atoms with Gasteiger partial charge in [0, 0.05) is 32.6 Å². The normalized spacial score (nSPS) is 17.1. The predicted octanol–water partition coefficient (Wildman–Crippen LogP) is 4.62. The highest BCUT2D eigenvalue weighted by Gasteiger charge is 2.32. The van der Waals surface area contributed by atoms with E-state index in [9.17, 15) is 9.59 Å². The van der Waals surface area contributed by atoms with Gasteiger partial charge in [-0.25, -0.2) is 0 Å². The van der Waals surface area contributed by atoms with Crippen molar-refractivity contribution < 1.29 is 9.59 Å². The van der Waals surface area contributed by atoms with E-state index in [0.717, 1.165) is 38.9 Å². The van der Waals surface area contributed by atoms with Gasteiger partial charge < -0.3 is 9.80 Å². The minimum absolute atomic E-state index is 0.0203. The van der Waals surface area contributed by atoms with E-state index >= 15 is 0 Å². The summed E-state index contributed by atoms with van der Waals surface area (Å²) < 4.78 is 0. The van der Waals surface area contributed by atoms with Crippen LogP contribution in [-0.2, 0) is 9.59 Å². The summed E-state index contributed by atoms with van der Waals surface area (Å²) >= 11 is 0.